The molecule has 0 aromatic heterocycles. The zero-order valence-corrected chi connectivity index (χ0v) is 10.2. The lowest BCUT2D eigenvalue weighted by Gasteiger charge is -2.06. The summed E-state index contributed by atoms with van der Waals surface area (Å²) in [5.74, 6) is 0. The highest BCUT2D eigenvalue weighted by Gasteiger charge is 1.91. The molecule has 1 rings (SSSR count). The molecule has 90 valence electrons. The number of nitrogens with one attached hydrogen (secondary N) is 1. The van der Waals surface area contributed by atoms with Gasteiger partial charge < -0.3 is 0 Å². The summed E-state index contributed by atoms with van der Waals surface area (Å²) in [6.45, 7) is 3.04. The van der Waals surface area contributed by atoms with Crippen LogP contribution in [0.15, 0.2) is 30.3 Å². The van der Waals surface area contributed by atoms with Gasteiger partial charge in [-0.25, -0.2) is 0 Å². The van der Waals surface area contributed by atoms with E-state index >= 15 is 0 Å². The number of para-hydroxylation sites is 1. The predicted octanol–water partition coefficient (Wildman–Crippen LogP) is 4.39. The summed E-state index contributed by atoms with van der Waals surface area (Å²) in [4.78, 5) is 5.38. The second-order valence-electron chi connectivity index (χ2n) is 4.08. The molecule has 1 aromatic carbocycles. The average molecular weight is 221 g/mol. The Morgan fingerprint density at radius 3 is 2.38 bits per heavy atom. The largest absolute Gasteiger partial charge is 0.276 e. The van der Waals surface area contributed by atoms with E-state index in [0.29, 0.717) is 0 Å². The molecule has 1 N–H and O–H groups in total. The fourth-order valence-corrected chi connectivity index (χ4v) is 1.60. The Labute approximate surface area is 99.0 Å². The van der Waals surface area contributed by atoms with Crippen molar-refractivity contribution >= 4 is 5.69 Å². The van der Waals surface area contributed by atoms with Crippen LogP contribution in [-0.4, -0.2) is 6.61 Å². The number of hydrogen-bond donors (Lipinski definition) is 1. The highest BCUT2D eigenvalue weighted by molar-refractivity contribution is 5.39. The van der Waals surface area contributed by atoms with Crippen LogP contribution in [0, 0.1) is 0 Å². The minimum Gasteiger partial charge on any atom is -0.276 e. The summed E-state index contributed by atoms with van der Waals surface area (Å²) < 4.78 is 0. The molecule has 0 atom stereocenters. The fourth-order valence-electron chi connectivity index (χ4n) is 1.60. The summed E-state index contributed by atoms with van der Waals surface area (Å²) in [7, 11) is 0. The summed E-state index contributed by atoms with van der Waals surface area (Å²) in [6, 6.07) is 9.99. The lowest BCUT2D eigenvalue weighted by atomic mass is 10.1. The highest BCUT2D eigenvalue weighted by Crippen LogP contribution is 2.07. The van der Waals surface area contributed by atoms with Gasteiger partial charge in [0.15, 0.2) is 0 Å². The molecule has 0 unspecified atom stereocenters. The molecular weight excluding hydrogens is 198 g/mol. The zero-order valence-electron chi connectivity index (χ0n) is 10.2. The number of benzene rings is 1. The van der Waals surface area contributed by atoms with Crippen LogP contribution in [0.25, 0.3) is 0 Å². The van der Waals surface area contributed by atoms with Gasteiger partial charge >= 0.3 is 0 Å². The molecule has 0 aliphatic rings. The van der Waals surface area contributed by atoms with Crippen molar-refractivity contribution in [1.29, 1.82) is 0 Å². The SMILES string of the molecule is CCCCCCCCONc1ccccc1. The van der Waals surface area contributed by atoms with Crippen molar-refractivity contribution in [2.45, 2.75) is 45.4 Å². The number of hydrogen-bond acceptors (Lipinski definition) is 2. The Morgan fingerprint density at radius 2 is 1.62 bits per heavy atom. The van der Waals surface area contributed by atoms with Crippen LogP contribution in [-0.2, 0) is 4.84 Å². The molecule has 0 spiro atoms. The Balaban J connectivity index is 1.89. The Bertz CT molecular complexity index is 248. The van der Waals surface area contributed by atoms with Gasteiger partial charge in [0.1, 0.15) is 0 Å². The van der Waals surface area contributed by atoms with Crippen LogP contribution in [0.3, 0.4) is 0 Å². The van der Waals surface area contributed by atoms with E-state index in [2.05, 4.69) is 12.4 Å². The van der Waals surface area contributed by atoms with E-state index in [0.717, 1.165) is 18.7 Å². The minimum atomic E-state index is 0.793. The molecule has 0 saturated carbocycles. The standard InChI is InChI=1S/C14H23NO/c1-2-3-4-5-6-10-13-16-15-14-11-8-7-9-12-14/h7-9,11-12,15H,2-6,10,13H2,1H3. The van der Waals surface area contributed by atoms with Gasteiger partial charge in [-0.05, 0) is 18.6 Å². The van der Waals surface area contributed by atoms with Crippen molar-refractivity contribution in [3.05, 3.63) is 30.3 Å². The van der Waals surface area contributed by atoms with Gasteiger partial charge in [0, 0.05) is 0 Å². The number of rotatable bonds is 9. The van der Waals surface area contributed by atoms with Crippen molar-refractivity contribution in [2.75, 3.05) is 12.1 Å². The van der Waals surface area contributed by atoms with Crippen LogP contribution in [0.4, 0.5) is 5.69 Å². The molecular formula is C14H23NO. The first-order valence-corrected chi connectivity index (χ1v) is 6.36. The van der Waals surface area contributed by atoms with Gasteiger partial charge in [-0.15, -0.1) is 0 Å². The van der Waals surface area contributed by atoms with Crippen LogP contribution in [0.5, 0.6) is 0 Å². The second-order valence-corrected chi connectivity index (χ2v) is 4.08. The Kier molecular flexibility index (Phi) is 7.52. The van der Waals surface area contributed by atoms with Gasteiger partial charge in [0.05, 0.1) is 12.3 Å². The van der Waals surface area contributed by atoms with Gasteiger partial charge in [0.25, 0.3) is 0 Å². The van der Waals surface area contributed by atoms with E-state index < -0.39 is 0 Å². The monoisotopic (exact) mass is 221 g/mol. The van der Waals surface area contributed by atoms with Crippen molar-refractivity contribution in [2.24, 2.45) is 0 Å². The molecule has 0 bridgehead atoms. The van der Waals surface area contributed by atoms with E-state index in [4.69, 9.17) is 4.84 Å². The van der Waals surface area contributed by atoms with Crippen LogP contribution < -0.4 is 5.48 Å². The molecule has 1 aromatic rings. The summed E-state index contributed by atoms with van der Waals surface area (Å²) in [5.41, 5.74) is 3.97. The molecule has 0 fully saturated rings. The topological polar surface area (TPSA) is 21.3 Å². The average Bonchev–Trinajstić information content (AvgIpc) is 2.34. The van der Waals surface area contributed by atoms with E-state index in [-0.39, 0.29) is 0 Å². The fraction of sp³-hybridized carbons (Fsp3) is 0.571. The normalized spacial score (nSPS) is 10.3. The van der Waals surface area contributed by atoms with Crippen LogP contribution in [0.1, 0.15) is 45.4 Å². The van der Waals surface area contributed by atoms with Crippen molar-refractivity contribution in [3.63, 3.8) is 0 Å². The third-order valence-electron chi connectivity index (χ3n) is 2.56. The van der Waals surface area contributed by atoms with Gasteiger partial charge in [0.2, 0.25) is 0 Å². The number of unbranched alkanes of at least 4 members (excludes halogenated alkanes) is 5. The van der Waals surface area contributed by atoms with Crippen LogP contribution in [0.2, 0.25) is 0 Å². The van der Waals surface area contributed by atoms with E-state index in [1.165, 1.54) is 32.1 Å². The summed E-state index contributed by atoms with van der Waals surface area (Å²) >= 11 is 0. The van der Waals surface area contributed by atoms with Gasteiger partial charge in [-0.1, -0.05) is 57.2 Å². The molecule has 0 heterocycles. The van der Waals surface area contributed by atoms with E-state index in [1.807, 2.05) is 30.3 Å². The second kappa shape index (κ2) is 9.22. The maximum atomic E-state index is 5.38. The minimum absolute atomic E-state index is 0.793. The zero-order chi connectivity index (χ0) is 11.5. The predicted molar refractivity (Wildman–Crippen MR) is 69.4 cm³/mol. The van der Waals surface area contributed by atoms with Crippen molar-refractivity contribution in [1.82, 2.24) is 0 Å². The van der Waals surface area contributed by atoms with E-state index in [9.17, 15) is 0 Å². The molecule has 0 aliphatic heterocycles. The third-order valence-corrected chi connectivity index (χ3v) is 2.56. The van der Waals surface area contributed by atoms with Crippen molar-refractivity contribution < 1.29 is 4.84 Å². The Hall–Kier alpha value is -1.02. The quantitative estimate of drug-likeness (QED) is 0.493. The smallest absolute Gasteiger partial charge is 0.0746 e. The van der Waals surface area contributed by atoms with E-state index in [1.54, 1.807) is 0 Å². The van der Waals surface area contributed by atoms with Crippen LogP contribution >= 0.6 is 0 Å². The van der Waals surface area contributed by atoms with Gasteiger partial charge in [-0.3, -0.25) is 10.3 Å². The first-order chi connectivity index (χ1) is 7.93. The lowest BCUT2D eigenvalue weighted by molar-refractivity contribution is 0.187. The highest BCUT2D eigenvalue weighted by atomic mass is 16.6. The molecule has 2 heteroatoms. The Morgan fingerprint density at radius 1 is 0.938 bits per heavy atom. The lowest BCUT2D eigenvalue weighted by Crippen LogP contribution is -2.02. The molecule has 0 amide bonds. The number of anilines is 1. The molecule has 0 aliphatic carbocycles. The molecule has 0 radical (unpaired) electrons. The first kappa shape index (κ1) is 13.0. The molecule has 0 saturated heterocycles. The molecule has 2 nitrogen and oxygen atoms in total. The third kappa shape index (κ3) is 6.46. The maximum absolute atomic E-state index is 5.38. The first-order valence-electron chi connectivity index (χ1n) is 6.36. The summed E-state index contributed by atoms with van der Waals surface area (Å²) in [5, 5.41) is 0. The molecule has 16 heavy (non-hydrogen) atoms. The maximum Gasteiger partial charge on any atom is 0.0746 e. The summed E-state index contributed by atoms with van der Waals surface area (Å²) in [6.07, 6.45) is 7.79. The van der Waals surface area contributed by atoms with Gasteiger partial charge in [-0.2, -0.15) is 0 Å². The van der Waals surface area contributed by atoms with Crippen molar-refractivity contribution in [3.8, 4) is 0 Å².